The molecule has 2 aromatic heterocycles. The highest BCUT2D eigenvalue weighted by atomic mass is 32.2. The minimum absolute atomic E-state index is 0.178. The Labute approximate surface area is 127 Å². The Morgan fingerprint density at radius 1 is 1.29 bits per heavy atom. The topological polar surface area (TPSA) is 89.2 Å². The number of nitrogens with zero attached hydrogens (tertiary/aromatic N) is 3. The molecule has 0 aliphatic carbocycles. The van der Waals surface area contributed by atoms with Crippen LogP contribution in [0.3, 0.4) is 0 Å². The van der Waals surface area contributed by atoms with E-state index in [0.717, 1.165) is 16.1 Å². The average Bonchev–Trinajstić information content (AvgIpc) is 2.75. The molecule has 0 atom stereocenters. The minimum Gasteiger partial charge on any atom is -0.382 e. The smallest absolute Gasteiger partial charge is 0.152 e. The Morgan fingerprint density at radius 3 is 2.90 bits per heavy atom. The van der Waals surface area contributed by atoms with Crippen molar-refractivity contribution in [3.8, 4) is 11.1 Å². The van der Waals surface area contributed by atoms with E-state index in [4.69, 9.17) is 5.73 Å². The quantitative estimate of drug-likeness (QED) is 0.898. The predicted octanol–water partition coefficient (Wildman–Crippen LogP) is 1.41. The summed E-state index contributed by atoms with van der Waals surface area (Å²) >= 11 is 1.32. The molecule has 1 saturated heterocycles. The molecule has 8 heteroatoms. The summed E-state index contributed by atoms with van der Waals surface area (Å²) in [5.41, 5.74) is 7.76. The van der Waals surface area contributed by atoms with Gasteiger partial charge in [-0.05, 0) is 24.0 Å². The van der Waals surface area contributed by atoms with E-state index in [1.807, 2.05) is 12.1 Å². The molecule has 0 saturated carbocycles. The van der Waals surface area contributed by atoms with Gasteiger partial charge in [0.2, 0.25) is 0 Å². The number of hydrogen-bond acceptors (Lipinski definition) is 7. The first kappa shape index (κ1) is 14.3. The summed E-state index contributed by atoms with van der Waals surface area (Å²) in [6, 6.07) is 3.79. The number of nitrogens with two attached hydrogens (primary N) is 1. The zero-order valence-corrected chi connectivity index (χ0v) is 13.0. The van der Waals surface area contributed by atoms with Gasteiger partial charge >= 0.3 is 0 Å². The Balaban J connectivity index is 1.97. The first-order valence-corrected chi connectivity index (χ1v) is 9.27. The van der Waals surface area contributed by atoms with Crippen molar-refractivity contribution >= 4 is 32.2 Å². The zero-order chi connectivity index (χ0) is 14.9. The van der Waals surface area contributed by atoms with Crippen molar-refractivity contribution in [1.29, 1.82) is 0 Å². The Morgan fingerprint density at radius 2 is 2.14 bits per heavy atom. The molecule has 1 fully saturated rings. The van der Waals surface area contributed by atoms with Crippen molar-refractivity contribution in [3.63, 3.8) is 0 Å². The number of sulfone groups is 1. The lowest BCUT2D eigenvalue weighted by Gasteiger charge is -2.21. The van der Waals surface area contributed by atoms with E-state index in [1.165, 1.54) is 11.5 Å². The molecule has 1 aliphatic rings. The maximum absolute atomic E-state index is 11.7. The van der Waals surface area contributed by atoms with Crippen LogP contribution in [0.4, 0.5) is 10.8 Å². The second kappa shape index (κ2) is 5.61. The molecule has 0 unspecified atom stereocenters. The molecule has 0 bridgehead atoms. The van der Waals surface area contributed by atoms with E-state index in [9.17, 15) is 8.42 Å². The van der Waals surface area contributed by atoms with E-state index >= 15 is 0 Å². The number of hydrogen-bond donors (Lipinski definition) is 1. The molecule has 21 heavy (non-hydrogen) atoms. The highest BCUT2D eigenvalue weighted by Gasteiger charge is 2.24. The van der Waals surface area contributed by atoms with Crippen molar-refractivity contribution in [2.75, 3.05) is 35.2 Å². The zero-order valence-electron chi connectivity index (χ0n) is 11.4. The van der Waals surface area contributed by atoms with E-state index in [1.54, 1.807) is 12.4 Å². The standard InChI is InChI=1S/C13H16N4O2S2/c14-12-11(10-3-1-4-15-9-10)13(20-16-12)17-5-2-7-21(18,19)8-6-17/h1,3-4,9H,2,5-8H2,(H2,14,16). The van der Waals surface area contributed by atoms with Crippen LogP contribution in [-0.4, -0.2) is 42.4 Å². The molecule has 0 amide bonds. The number of rotatable bonds is 2. The summed E-state index contributed by atoms with van der Waals surface area (Å²) in [6.07, 6.45) is 4.09. The lowest BCUT2D eigenvalue weighted by atomic mass is 10.1. The van der Waals surface area contributed by atoms with Crippen molar-refractivity contribution in [2.45, 2.75) is 6.42 Å². The van der Waals surface area contributed by atoms with Gasteiger partial charge in [0.25, 0.3) is 0 Å². The fourth-order valence-corrected chi connectivity index (χ4v) is 4.59. The molecular weight excluding hydrogens is 308 g/mol. The van der Waals surface area contributed by atoms with Gasteiger partial charge in [-0.25, -0.2) is 8.42 Å². The fraction of sp³-hybridized carbons (Fsp3) is 0.385. The van der Waals surface area contributed by atoms with Crippen LogP contribution >= 0.6 is 11.5 Å². The number of aromatic nitrogens is 2. The normalized spacial score (nSPS) is 18.4. The van der Waals surface area contributed by atoms with Crippen LogP contribution in [0.2, 0.25) is 0 Å². The van der Waals surface area contributed by atoms with Gasteiger partial charge in [-0.1, -0.05) is 6.07 Å². The molecule has 1 aliphatic heterocycles. The maximum Gasteiger partial charge on any atom is 0.152 e. The van der Waals surface area contributed by atoms with Gasteiger partial charge in [-0.2, -0.15) is 4.37 Å². The lowest BCUT2D eigenvalue weighted by molar-refractivity contribution is 0.597. The molecule has 0 aromatic carbocycles. The molecular formula is C13H16N4O2S2. The minimum atomic E-state index is -2.93. The number of anilines is 2. The molecule has 6 nitrogen and oxygen atoms in total. The highest BCUT2D eigenvalue weighted by Crippen LogP contribution is 2.39. The highest BCUT2D eigenvalue weighted by molar-refractivity contribution is 7.91. The summed E-state index contributed by atoms with van der Waals surface area (Å²) < 4.78 is 27.7. The summed E-state index contributed by atoms with van der Waals surface area (Å²) in [6.45, 7) is 1.19. The van der Waals surface area contributed by atoms with Gasteiger partial charge in [0.15, 0.2) is 9.84 Å². The summed E-state index contributed by atoms with van der Waals surface area (Å²) in [4.78, 5) is 6.19. The van der Waals surface area contributed by atoms with Crippen LogP contribution in [-0.2, 0) is 9.84 Å². The van der Waals surface area contributed by atoms with Crippen LogP contribution in [0.5, 0.6) is 0 Å². The van der Waals surface area contributed by atoms with Gasteiger partial charge in [-0.15, -0.1) is 0 Å². The first-order chi connectivity index (χ1) is 10.1. The first-order valence-electron chi connectivity index (χ1n) is 6.68. The predicted molar refractivity (Wildman–Crippen MR) is 85.2 cm³/mol. The van der Waals surface area contributed by atoms with Gasteiger partial charge in [0.05, 0.1) is 17.1 Å². The molecule has 3 rings (SSSR count). The lowest BCUT2D eigenvalue weighted by Crippen LogP contribution is -2.26. The third kappa shape index (κ3) is 3.01. The van der Waals surface area contributed by atoms with Crippen molar-refractivity contribution in [2.24, 2.45) is 0 Å². The maximum atomic E-state index is 11.7. The van der Waals surface area contributed by atoms with Gasteiger partial charge in [-0.3, -0.25) is 4.98 Å². The van der Waals surface area contributed by atoms with E-state index in [-0.39, 0.29) is 11.5 Å². The van der Waals surface area contributed by atoms with Gasteiger partial charge in [0.1, 0.15) is 10.8 Å². The van der Waals surface area contributed by atoms with Crippen LogP contribution < -0.4 is 10.6 Å². The third-order valence-electron chi connectivity index (χ3n) is 3.49. The SMILES string of the molecule is Nc1nsc(N2CCCS(=O)(=O)CC2)c1-c1cccnc1. The number of nitrogen functional groups attached to an aromatic ring is 1. The van der Waals surface area contributed by atoms with Gasteiger partial charge < -0.3 is 10.6 Å². The van der Waals surface area contributed by atoms with Crippen molar-refractivity contribution in [3.05, 3.63) is 24.5 Å². The molecule has 2 N–H and O–H groups in total. The van der Waals surface area contributed by atoms with Crippen LogP contribution in [0, 0.1) is 0 Å². The van der Waals surface area contributed by atoms with Crippen molar-refractivity contribution in [1.82, 2.24) is 9.36 Å². The Hall–Kier alpha value is -1.67. The molecule has 3 heterocycles. The van der Waals surface area contributed by atoms with E-state index in [2.05, 4.69) is 14.3 Å². The Kier molecular flexibility index (Phi) is 3.81. The van der Waals surface area contributed by atoms with E-state index in [0.29, 0.717) is 25.3 Å². The van der Waals surface area contributed by atoms with Crippen LogP contribution in [0.25, 0.3) is 11.1 Å². The average molecular weight is 324 g/mol. The molecule has 112 valence electrons. The monoisotopic (exact) mass is 324 g/mol. The largest absolute Gasteiger partial charge is 0.382 e. The molecule has 0 spiro atoms. The number of pyridine rings is 1. The van der Waals surface area contributed by atoms with Crippen molar-refractivity contribution < 1.29 is 8.42 Å². The summed E-state index contributed by atoms with van der Waals surface area (Å²) in [5.74, 6) is 0.896. The molecule has 0 radical (unpaired) electrons. The second-order valence-corrected chi connectivity index (χ2v) is 8.04. The second-order valence-electron chi connectivity index (χ2n) is 4.98. The van der Waals surface area contributed by atoms with Crippen LogP contribution in [0.15, 0.2) is 24.5 Å². The van der Waals surface area contributed by atoms with Gasteiger partial charge in [0, 0.05) is 31.0 Å². The van der Waals surface area contributed by atoms with Crippen LogP contribution in [0.1, 0.15) is 6.42 Å². The summed E-state index contributed by atoms with van der Waals surface area (Å²) in [7, 11) is -2.93. The third-order valence-corrected chi connectivity index (χ3v) is 6.13. The molecule has 2 aromatic rings. The summed E-state index contributed by atoms with van der Waals surface area (Å²) in [5, 5.41) is 0.928. The Bertz CT molecular complexity index is 728. The fourth-order valence-electron chi connectivity index (χ4n) is 2.43. The van der Waals surface area contributed by atoms with E-state index < -0.39 is 9.84 Å².